The number of fused-ring (bicyclic) bond motifs is 1. The van der Waals surface area contributed by atoms with Gasteiger partial charge in [-0.25, -0.2) is 8.42 Å². The highest BCUT2D eigenvalue weighted by molar-refractivity contribution is 7.91. The van der Waals surface area contributed by atoms with Gasteiger partial charge in [0, 0.05) is 54.1 Å². The number of rotatable bonds is 6. The van der Waals surface area contributed by atoms with Crippen LogP contribution in [-0.4, -0.2) is 31.8 Å². The molecule has 6 heteroatoms. The van der Waals surface area contributed by atoms with Crippen LogP contribution in [0.25, 0.3) is 17.2 Å². The number of aryl methyl sites for hydroxylation is 1. The molecule has 1 saturated heterocycles. The van der Waals surface area contributed by atoms with Crippen LogP contribution in [0, 0.1) is 5.41 Å². The molecule has 1 saturated carbocycles. The van der Waals surface area contributed by atoms with E-state index in [0.29, 0.717) is 23.2 Å². The summed E-state index contributed by atoms with van der Waals surface area (Å²) in [6.45, 7) is 4.07. The van der Waals surface area contributed by atoms with Gasteiger partial charge in [-0.1, -0.05) is 31.9 Å². The van der Waals surface area contributed by atoms with Crippen LogP contribution in [0.5, 0.6) is 0 Å². The summed E-state index contributed by atoms with van der Waals surface area (Å²) in [5.74, 6) is 0.167. The molecule has 3 aliphatic rings. The number of allylic oxidation sites excluding steroid dienone is 1. The van der Waals surface area contributed by atoms with Gasteiger partial charge >= 0.3 is 0 Å². The first kappa shape index (κ1) is 20.6. The predicted molar refractivity (Wildman–Crippen MR) is 125 cm³/mol. The maximum atomic E-state index is 13.0. The van der Waals surface area contributed by atoms with E-state index in [4.69, 9.17) is 0 Å². The number of benzene rings is 1. The second-order valence-corrected chi connectivity index (χ2v) is 11.6. The van der Waals surface area contributed by atoms with Crippen LogP contribution in [0.1, 0.15) is 50.2 Å². The number of pyridine rings is 1. The third-order valence-corrected chi connectivity index (χ3v) is 9.11. The Morgan fingerprint density at radius 3 is 2.58 bits per heavy atom. The monoisotopic (exact) mass is 438 g/mol. The number of sulfone groups is 1. The molecule has 1 aliphatic heterocycles. The van der Waals surface area contributed by atoms with Crippen LogP contribution in [0.4, 0.5) is 5.69 Å². The van der Waals surface area contributed by atoms with E-state index in [1.165, 1.54) is 19.3 Å². The van der Waals surface area contributed by atoms with E-state index in [1.54, 1.807) is 17.7 Å². The van der Waals surface area contributed by atoms with Gasteiger partial charge in [0.15, 0.2) is 9.84 Å². The Bertz CT molecular complexity index is 1230. The third kappa shape index (κ3) is 3.36. The molecule has 5 rings (SSSR count). The van der Waals surface area contributed by atoms with E-state index in [1.807, 2.05) is 37.4 Å². The molecule has 1 aromatic carbocycles. The van der Waals surface area contributed by atoms with Gasteiger partial charge in [-0.15, -0.1) is 0 Å². The topological polar surface area (TPSA) is 59.4 Å². The lowest BCUT2D eigenvalue weighted by atomic mass is 9.63. The number of anilines is 1. The third-order valence-electron chi connectivity index (χ3n) is 7.31. The molecule has 1 spiro atoms. The molecule has 0 atom stereocenters. The fourth-order valence-electron chi connectivity index (χ4n) is 5.29. The van der Waals surface area contributed by atoms with Gasteiger partial charge < -0.3 is 9.47 Å². The number of unbranched alkanes of at least 4 members (excludes halogenated alkanes) is 1. The molecule has 2 heterocycles. The van der Waals surface area contributed by atoms with Crippen molar-refractivity contribution in [1.82, 2.24) is 4.57 Å². The van der Waals surface area contributed by atoms with Crippen molar-refractivity contribution in [3.63, 3.8) is 0 Å². The van der Waals surface area contributed by atoms with Crippen molar-refractivity contribution in [3.05, 3.63) is 52.0 Å². The van der Waals surface area contributed by atoms with Crippen LogP contribution >= 0.6 is 0 Å². The maximum absolute atomic E-state index is 13.0. The highest BCUT2D eigenvalue weighted by Gasteiger charge is 2.47. The molecule has 0 amide bonds. The van der Waals surface area contributed by atoms with Crippen molar-refractivity contribution in [1.29, 1.82) is 0 Å². The summed E-state index contributed by atoms with van der Waals surface area (Å²) < 4.78 is 27.6. The molecule has 0 N–H and O–H groups in total. The van der Waals surface area contributed by atoms with Crippen LogP contribution < -0.4 is 10.5 Å². The second kappa shape index (κ2) is 7.37. The zero-order valence-electron chi connectivity index (χ0n) is 18.4. The molecule has 0 radical (unpaired) electrons. The minimum Gasteiger partial charge on any atom is -0.370 e. The van der Waals surface area contributed by atoms with Gasteiger partial charge in [-0.05, 0) is 49.4 Å². The van der Waals surface area contributed by atoms with Crippen LogP contribution in [0.15, 0.2) is 40.2 Å². The summed E-state index contributed by atoms with van der Waals surface area (Å²) >= 11 is 0. The van der Waals surface area contributed by atoms with Gasteiger partial charge in [0.2, 0.25) is 0 Å². The predicted octanol–water partition coefficient (Wildman–Crippen LogP) is 4.19. The molecule has 2 aromatic rings. The van der Waals surface area contributed by atoms with Crippen LogP contribution in [0.2, 0.25) is 0 Å². The summed E-state index contributed by atoms with van der Waals surface area (Å²) in [5.41, 5.74) is 5.17. The number of nitrogens with zero attached hydrogens (tertiary/aromatic N) is 2. The van der Waals surface area contributed by atoms with Crippen molar-refractivity contribution < 1.29 is 8.42 Å². The lowest BCUT2D eigenvalue weighted by Gasteiger charge is -2.57. The van der Waals surface area contributed by atoms with Gasteiger partial charge in [0.05, 0.1) is 10.6 Å². The van der Waals surface area contributed by atoms with Gasteiger partial charge in [-0.2, -0.15) is 0 Å². The second-order valence-electron chi connectivity index (χ2n) is 9.52. The van der Waals surface area contributed by atoms with Crippen molar-refractivity contribution in [2.24, 2.45) is 12.5 Å². The zero-order valence-corrected chi connectivity index (χ0v) is 19.2. The molecule has 164 valence electrons. The Morgan fingerprint density at radius 1 is 1.13 bits per heavy atom. The lowest BCUT2D eigenvalue weighted by molar-refractivity contribution is 0.0905. The first-order chi connectivity index (χ1) is 14.8. The first-order valence-electron chi connectivity index (χ1n) is 11.3. The highest BCUT2D eigenvalue weighted by atomic mass is 32.2. The van der Waals surface area contributed by atoms with Crippen molar-refractivity contribution in [2.45, 2.75) is 50.3 Å². The number of hydrogen-bond acceptors (Lipinski definition) is 4. The van der Waals surface area contributed by atoms with E-state index in [2.05, 4.69) is 4.90 Å². The molecular weight excluding hydrogens is 408 g/mol. The van der Waals surface area contributed by atoms with E-state index in [9.17, 15) is 13.2 Å². The van der Waals surface area contributed by atoms with E-state index in [-0.39, 0.29) is 11.3 Å². The zero-order chi connectivity index (χ0) is 21.8. The fourth-order valence-corrected chi connectivity index (χ4v) is 6.77. The number of aromatic nitrogens is 1. The summed E-state index contributed by atoms with van der Waals surface area (Å²) in [7, 11) is -1.56. The van der Waals surface area contributed by atoms with Crippen LogP contribution in [-0.2, 0) is 23.3 Å². The van der Waals surface area contributed by atoms with E-state index in [0.717, 1.165) is 47.5 Å². The minimum atomic E-state index is -3.34. The van der Waals surface area contributed by atoms with Crippen molar-refractivity contribution in [2.75, 3.05) is 23.7 Å². The molecular formula is C25H30N2O3S. The SMILES string of the molecule is CCCCS(=O)(=O)c1ccc(N2CC3(CCC3)C2)c(-c2cn(C)c(=O)c3c2C=CC3)c1. The molecule has 2 aliphatic carbocycles. The minimum absolute atomic E-state index is 0.0226. The standard InChI is InChI=1S/C25H30N2O3S/c1-3-4-13-31(29,30)18-9-10-23(27-16-25(17-27)11-6-12-25)21(14-18)22-15-26(2)24(28)20-8-5-7-19(20)22/h5,7,9-10,14-15H,3-4,6,8,11-13,16-17H2,1-2H3. The van der Waals surface area contributed by atoms with Crippen LogP contribution in [0.3, 0.4) is 0 Å². The van der Waals surface area contributed by atoms with Gasteiger partial charge in [-0.3, -0.25) is 4.79 Å². The van der Waals surface area contributed by atoms with Crippen molar-refractivity contribution in [3.8, 4) is 11.1 Å². The largest absolute Gasteiger partial charge is 0.370 e. The molecule has 0 unspecified atom stereocenters. The summed E-state index contributed by atoms with van der Waals surface area (Å²) in [4.78, 5) is 15.4. The lowest BCUT2D eigenvalue weighted by Crippen LogP contribution is -2.60. The van der Waals surface area contributed by atoms with E-state index < -0.39 is 9.84 Å². The average molecular weight is 439 g/mol. The Balaban J connectivity index is 1.64. The molecule has 1 aromatic heterocycles. The first-order valence-corrected chi connectivity index (χ1v) is 13.0. The van der Waals surface area contributed by atoms with E-state index >= 15 is 0 Å². The van der Waals surface area contributed by atoms with Gasteiger partial charge in [0.1, 0.15) is 0 Å². The molecule has 0 bridgehead atoms. The molecule has 2 fully saturated rings. The number of hydrogen-bond donors (Lipinski definition) is 0. The Kier molecular flexibility index (Phi) is 4.88. The molecule has 5 nitrogen and oxygen atoms in total. The summed E-state index contributed by atoms with van der Waals surface area (Å²) in [6, 6.07) is 5.60. The average Bonchev–Trinajstić information content (AvgIpc) is 3.17. The summed E-state index contributed by atoms with van der Waals surface area (Å²) in [5, 5.41) is 0. The quantitative estimate of drug-likeness (QED) is 0.679. The Labute approximate surface area is 184 Å². The Morgan fingerprint density at radius 2 is 1.90 bits per heavy atom. The van der Waals surface area contributed by atoms with Crippen molar-refractivity contribution >= 4 is 21.6 Å². The maximum Gasteiger partial charge on any atom is 0.254 e. The summed E-state index contributed by atoms with van der Waals surface area (Å²) in [6.07, 6.45) is 11.9. The highest BCUT2D eigenvalue weighted by Crippen LogP contribution is 2.51. The van der Waals surface area contributed by atoms with Gasteiger partial charge in [0.25, 0.3) is 5.56 Å². The Hall–Kier alpha value is -2.34. The normalized spacial score (nSPS) is 18.7. The molecule has 31 heavy (non-hydrogen) atoms. The smallest absolute Gasteiger partial charge is 0.254 e. The fraction of sp³-hybridized carbons (Fsp3) is 0.480.